The molecule has 2 atom stereocenters. The predicted molar refractivity (Wildman–Crippen MR) is 95.7 cm³/mol. The highest BCUT2D eigenvalue weighted by Gasteiger charge is 2.21. The van der Waals surface area contributed by atoms with E-state index in [9.17, 15) is 4.79 Å². The molecule has 0 bridgehead atoms. The molecular weight excluding hydrogens is 290 g/mol. The van der Waals surface area contributed by atoms with Crippen LogP contribution >= 0.6 is 0 Å². The summed E-state index contributed by atoms with van der Waals surface area (Å²) >= 11 is 0. The van der Waals surface area contributed by atoms with Gasteiger partial charge < -0.3 is 15.4 Å². The van der Waals surface area contributed by atoms with Crippen LogP contribution in [0.4, 0.5) is 4.79 Å². The minimum Gasteiger partial charge on any atom is -0.374 e. The van der Waals surface area contributed by atoms with Crippen molar-refractivity contribution >= 4 is 6.03 Å². The molecule has 2 amide bonds. The van der Waals surface area contributed by atoms with Crippen molar-refractivity contribution in [1.82, 2.24) is 15.5 Å². The fourth-order valence-corrected chi connectivity index (χ4v) is 3.04. The summed E-state index contributed by atoms with van der Waals surface area (Å²) in [4.78, 5) is 14.4. The van der Waals surface area contributed by atoms with E-state index in [1.54, 1.807) is 0 Å². The van der Waals surface area contributed by atoms with Gasteiger partial charge in [0, 0.05) is 32.7 Å². The van der Waals surface area contributed by atoms with Crippen LogP contribution in [0.25, 0.3) is 0 Å². The summed E-state index contributed by atoms with van der Waals surface area (Å²) in [6.45, 7) is 14.0. The molecule has 1 aliphatic heterocycles. The Bertz CT molecular complexity index is 323. The molecule has 2 N–H and O–H groups in total. The number of ether oxygens (including phenoxy) is 1. The highest BCUT2D eigenvalue weighted by molar-refractivity contribution is 5.73. The Balaban J connectivity index is 2.19. The van der Waals surface area contributed by atoms with Gasteiger partial charge in [-0.25, -0.2) is 4.79 Å². The lowest BCUT2D eigenvalue weighted by atomic mass is 9.99. The van der Waals surface area contributed by atoms with E-state index < -0.39 is 0 Å². The lowest BCUT2D eigenvalue weighted by molar-refractivity contribution is -0.0290. The summed E-state index contributed by atoms with van der Waals surface area (Å²) in [5.41, 5.74) is 0. The second-order valence-electron chi connectivity index (χ2n) is 7.15. The quantitative estimate of drug-likeness (QED) is 0.649. The number of rotatable bonds is 10. The number of carbonyl (C=O) groups excluding carboxylic acids is 1. The van der Waals surface area contributed by atoms with Crippen LogP contribution in [-0.2, 0) is 4.74 Å². The number of morpholine rings is 1. The van der Waals surface area contributed by atoms with Gasteiger partial charge in [0.1, 0.15) is 0 Å². The van der Waals surface area contributed by atoms with E-state index in [2.05, 4.69) is 43.2 Å². The van der Waals surface area contributed by atoms with Gasteiger partial charge in [-0.15, -0.1) is 0 Å². The van der Waals surface area contributed by atoms with Gasteiger partial charge in [-0.05, 0) is 18.3 Å². The molecule has 136 valence electrons. The summed E-state index contributed by atoms with van der Waals surface area (Å²) < 4.78 is 5.76. The van der Waals surface area contributed by atoms with Crippen LogP contribution in [0.2, 0.25) is 0 Å². The van der Waals surface area contributed by atoms with Gasteiger partial charge in [0.15, 0.2) is 0 Å². The van der Waals surface area contributed by atoms with E-state index in [4.69, 9.17) is 4.74 Å². The largest absolute Gasteiger partial charge is 0.374 e. The van der Waals surface area contributed by atoms with E-state index >= 15 is 0 Å². The Morgan fingerprint density at radius 1 is 1.30 bits per heavy atom. The number of carbonyl (C=O) groups is 1. The van der Waals surface area contributed by atoms with Gasteiger partial charge >= 0.3 is 6.03 Å². The van der Waals surface area contributed by atoms with E-state index in [0.717, 1.165) is 39.2 Å². The molecule has 0 radical (unpaired) electrons. The molecular formula is C18H37N3O2. The zero-order valence-corrected chi connectivity index (χ0v) is 15.6. The Hall–Kier alpha value is -0.810. The third-order valence-electron chi connectivity index (χ3n) is 4.43. The Morgan fingerprint density at radius 3 is 2.74 bits per heavy atom. The maximum Gasteiger partial charge on any atom is 0.314 e. The Labute approximate surface area is 142 Å². The van der Waals surface area contributed by atoms with Gasteiger partial charge in [0.2, 0.25) is 0 Å². The minimum absolute atomic E-state index is 0.0652. The number of amides is 2. The molecule has 0 aromatic heterocycles. The van der Waals surface area contributed by atoms with E-state index in [1.165, 1.54) is 19.3 Å². The normalized spacial score (nSPS) is 20.5. The molecule has 0 aliphatic carbocycles. The number of unbranched alkanes of at least 4 members (excludes halogenated alkanes) is 1. The smallest absolute Gasteiger partial charge is 0.314 e. The van der Waals surface area contributed by atoms with Crippen LogP contribution < -0.4 is 10.6 Å². The highest BCUT2D eigenvalue weighted by Crippen LogP contribution is 2.11. The zero-order chi connectivity index (χ0) is 17.1. The van der Waals surface area contributed by atoms with Crippen molar-refractivity contribution in [2.75, 3.05) is 39.3 Å². The molecule has 0 spiro atoms. The van der Waals surface area contributed by atoms with Crippen molar-refractivity contribution in [2.24, 2.45) is 11.8 Å². The van der Waals surface area contributed by atoms with Gasteiger partial charge in [-0.2, -0.15) is 0 Å². The first-order valence-electron chi connectivity index (χ1n) is 9.40. The first-order valence-corrected chi connectivity index (χ1v) is 9.40. The van der Waals surface area contributed by atoms with Crippen LogP contribution in [0.15, 0.2) is 0 Å². The van der Waals surface area contributed by atoms with Crippen molar-refractivity contribution in [3.8, 4) is 0 Å². The molecule has 1 heterocycles. The van der Waals surface area contributed by atoms with Gasteiger partial charge in [0.25, 0.3) is 0 Å². The van der Waals surface area contributed by atoms with Crippen molar-refractivity contribution in [3.05, 3.63) is 0 Å². The van der Waals surface area contributed by atoms with Crippen molar-refractivity contribution in [2.45, 2.75) is 59.5 Å². The minimum atomic E-state index is -0.0652. The summed E-state index contributed by atoms with van der Waals surface area (Å²) in [6.07, 6.45) is 4.88. The van der Waals surface area contributed by atoms with Crippen LogP contribution in [0.5, 0.6) is 0 Å². The molecule has 0 aromatic rings. The lowest BCUT2D eigenvalue weighted by Crippen LogP contribution is -2.50. The second kappa shape index (κ2) is 11.7. The van der Waals surface area contributed by atoms with E-state index in [1.807, 2.05) is 0 Å². The number of nitrogens with zero attached hydrogens (tertiary/aromatic N) is 1. The first kappa shape index (κ1) is 20.2. The van der Waals surface area contributed by atoms with Crippen molar-refractivity contribution in [1.29, 1.82) is 0 Å². The molecule has 1 saturated heterocycles. The van der Waals surface area contributed by atoms with Crippen LogP contribution in [0.3, 0.4) is 0 Å². The fourth-order valence-electron chi connectivity index (χ4n) is 3.04. The number of urea groups is 1. The molecule has 0 aromatic carbocycles. The number of nitrogens with one attached hydrogen (secondary N) is 2. The molecule has 0 saturated carbocycles. The summed E-state index contributed by atoms with van der Waals surface area (Å²) in [5.74, 6) is 1.26. The first-order chi connectivity index (χ1) is 11.0. The molecule has 5 heteroatoms. The Morgan fingerprint density at radius 2 is 2.09 bits per heavy atom. The van der Waals surface area contributed by atoms with Crippen LogP contribution in [0, 0.1) is 11.8 Å². The Kier molecular flexibility index (Phi) is 10.3. The van der Waals surface area contributed by atoms with Gasteiger partial charge in [0.05, 0.1) is 12.7 Å². The SMILES string of the molecule is CCCCC(CC)CNC(=O)NCC1CN(CC(C)C)CCO1. The zero-order valence-electron chi connectivity index (χ0n) is 15.6. The number of hydrogen-bond donors (Lipinski definition) is 2. The van der Waals surface area contributed by atoms with E-state index in [-0.39, 0.29) is 12.1 Å². The topological polar surface area (TPSA) is 53.6 Å². The molecule has 1 rings (SSSR count). The molecule has 23 heavy (non-hydrogen) atoms. The predicted octanol–water partition coefficient (Wildman–Crippen LogP) is 2.86. The van der Waals surface area contributed by atoms with Crippen LogP contribution in [0.1, 0.15) is 53.4 Å². The van der Waals surface area contributed by atoms with E-state index in [0.29, 0.717) is 18.4 Å². The summed E-state index contributed by atoms with van der Waals surface area (Å²) in [6, 6.07) is -0.0652. The third-order valence-corrected chi connectivity index (χ3v) is 4.43. The average molecular weight is 328 g/mol. The molecule has 1 aliphatic rings. The molecule has 2 unspecified atom stereocenters. The molecule has 1 fully saturated rings. The van der Waals surface area contributed by atoms with Crippen molar-refractivity contribution < 1.29 is 9.53 Å². The maximum absolute atomic E-state index is 11.9. The second-order valence-corrected chi connectivity index (χ2v) is 7.15. The highest BCUT2D eigenvalue weighted by atomic mass is 16.5. The van der Waals surface area contributed by atoms with Crippen molar-refractivity contribution in [3.63, 3.8) is 0 Å². The third kappa shape index (κ3) is 9.16. The monoisotopic (exact) mass is 327 g/mol. The standard InChI is InChI=1S/C18H37N3O2/c1-5-7-8-16(6-2)11-19-18(22)20-12-17-14-21(9-10-23-17)13-15(3)4/h15-17H,5-14H2,1-4H3,(H2,19,20,22). The maximum atomic E-state index is 11.9. The number of hydrogen-bond acceptors (Lipinski definition) is 3. The average Bonchev–Trinajstić information content (AvgIpc) is 2.53. The van der Waals surface area contributed by atoms with Gasteiger partial charge in [-0.3, -0.25) is 4.90 Å². The van der Waals surface area contributed by atoms with Gasteiger partial charge in [-0.1, -0.05) is 47.0 Å². The summed E-state index contributed by atoms with van der Waals surface area (Å²) in [5, 5.41) is 5.97. The lowest BCUT2D eigenvalue weighted by Gasteiger charge is -2.34. The molecule has 5 nitrogen and oxygen atoms in total. The fraction of sp³-hybridized carbons (Fsp3) is 0.944. The van der Waals surface area contributed by atoms with Crippen LogP contribution in [-0.4, -0.2) is 56.4 Å². The summed E-state index contributed by atoms with van der Waals surface area (Å²) in [7, 11) is 0.